The molecule has 18 rings (SSSR count). The molecular formula is C98H94Cl4N18O16S8. The highest BCUT2D eigenvalue weighted by molar-refractivity contribution is 7.95. The van der Waals surface area contributed by atoms with Crippen molar-refractivity contribution in [1.82, 2.24) is 67.9 Å². The molecule has 0 spiro atoms. The van der Waals surface area contributed by atoms with E-state index < -0.39 is 85.5 Å². The van der Waals surface area contributed by atoms with Gasteiger partial charge in [-0.1, -0.05) is 84.0 Å². The number of nitrogens with zero attached hydrogens (tertiary/aromatic N) is 14. The molecule has 16 aromatic rings. The fourth-order valence-corrected chi connectivity index (χ4v) is 26.4. The smallest absolute Gasteiger partial charge is 0.266 e. The average Bonchev–Trinajstić information content (AvgIpc) is 1.45. The van der Waals surface area contributed by atoms with E-state index in [4.69, 9.17) is 46.4 Å². The fourth-order valence-electron chi connectivity index (χ4n) is 15.2. The molecule has 144 heavy (non-hydrogen) atoms. The highest BCUT2D eigenvalue weighted by Gasteiger charge is 2.28. The average molecular weight is 2180 g/mol. The molecule has 4 aromatic carbocycles. The summed E-state index contributed by atoms with van der Waals surface area (Å²) in [6, 6.07) is 46.3. The summed E-state index contributed by atoms with van der Waals surface area (Å²) in [5.41, 5.74) is 7.12. The van der Waals surface area contributed by atoms with E-state index >= 15 is 0 Å². The monoisotopic (exact) mass is 2170 g/mol. The molecule has 4 N–H and O–H groups in total. The number of pyridine rings is 4. The van der Waals surface area contributed by atoms with Gasteiger partial charge < -0.3 is 31.1 Å². The summed E-state index contributed by atoms with van der Waals surface area (Å²) in [5, 5.41) is 15.2. The third-order valence-corrected chi connectivity index (χ3v) is 36.6. The number of aromatic nitrogens is 12. The number of hydrogen-bond donors (Lipinski definition) is 4. The molecule has 0 bridgehead atoms. The van der Waals surface area contributed by atoms with Gasteiger partial charge in [0.25, 0.3) is 22.2 Å². The summed E-state index contributed by atoms with van der Waals surface area (Å²) in [4.78, 5) is 141. The lowest BCUT2D eigenvalue weighted by atomic mass is 10.1. The second-order valence-electron chi connectivity index (χ2n) is 34.1. The van der Waals surface area contributed by atoms with Crippen LogP contribution in [0.25, 0.3) is 66.9 Å². The van der Waals surface area contributed by atoms with Crippen molar-refractivity contribution in [2.75, 3.05) is 111 Å². The van der Waals surface area contributed by atoms with Crippen LogP contribution in [-0.2, 0) is 84.2 Å². The van der Waals surface area contributed by atoms with Crippen molar-refractivity contribution in [2.45, 2.75) is 88.0 Å². The Kier molecular flexibility index (Phi) is 35.0. The topological polar surface area (TPSA) is 451 Å². The van der Waals surface area contributed by atoms with Gasteiger partial charge in [0, 0.05) is 112 Å². The van der Waals surface area contributed by atoms with Crippen molar-refractivity contribution in [2.24, 2.45) is 5.92 Å². The summed E-state index contributed by atoms with van der Waals surface area (Å²) in [6.07, 6.45) is 18.5. The van der Waals surface area contributed by atoms with Gasteiger partial charge in [0.15, 0.2) is 62.5 Å². The van der Waals surface area contributed by atoms with Gasteiger partial charge in [-0.25, -0.2) is 73.5 Å². The Morgan fingerprint density at radius 1 is 0.361 bits per heavy atom. The largest absolute Gasteiger partial charge is 0.385 e. The fraction of sp³-hybridized carbons (Fsp3) is 0.265. The third-order valence-electron chi connectivity index (χ3n) is 22.7. The van der Waals surface area contributed by atoms with Crippen LogP contribution in [0, 0.1) is 5.92 Å². The first-order valence-electron chi connectivity index (χ1n) is 45.1. The maximum Gasteiger partial charge on any atom is 0.266 e. The Morgan fingerprint density at radius 2 is 0.646 bits per heavy atom. The molecule has 46 heteroatoms. The number of piperidine rings is 1. The van der Waals surface area contributed by atoms with Crippen LogP contribution in [0.5, 0.6) is 0 Å². The molecule has 0 amide bonds. The van der Waals surface area contributed by atoms with Gasteiger partial charge in [-0.05, 0) is 233 Å². The first-order chi connectivity index (χ1) is 68.9. The van der Waals surface area contributed by atoms with Gasteiger partial charge >= 0.3 is 0 Å². The number of likely N-dealkylation sites (N-methyl/N-ethyl adjacent to an activating group) is 1. The summed E-state index contributed by atoms with van der Waals surface area (Å²) >= 11 is 26.9. The van der Waals surface area contributed by atoms with Crippen molar-refractivity contribution in [1.29, 1.82) is 0 Å². The van der Waals surface area contributed by atoms with Gasteiger partial charge in [0.05, 0.1) is 61.0 Å². The second kappa shape index (κ2) is 47.6. The van der Waals surface area contributed by atoms with Crippen LogP contribution < -0.4 is 43.5 Å². The van der Waals surface area contributed by atoms with Crippen LogP contribution in [-0.4, -0.2) is 214 Å². The number of nitrogens with one attached hydrogen (secondary N) is 4. The lowest BCUT2D eigenvalue weighted by Crippen LogP contribution is -2.33. The highest BCUT2D eigenvalue weighted by Crippen LogP contribution is 2.33. The molecule has 1 aliphatic carbocycles. The number of ketones is 4. The minimum atomic E-state index is -3.75. The number of sulfone groups is 4. The zero-order chi connectivity index (χ0) is 102. The quantitative estimate of drug-likeness (QED) is 0.0279. The zero-order valence-electron chi connectivity index (χ0n) is 77.5. The van der Waals surface area contributed by atoms with E-state index in [-0.39, 0.29) is 64.8 Å². The van der Waals surface area contributed by atoms with Crippen molar-refractivity contribution in [3.8, 4) is 23.3 Å². The van der Waals surface area contributed by atoms with Gasteiger partial charge in [0.1, 0.15) is 88.4 Å². The molecule has 0 unspecified atom stereocenters. The van der Waals surface area contributed by atoms with E-state index in [9.17, 15) is 72.0 Å². The second-order valence-corrected chi connectivity index (χ2v) is 49.9. The number of likely N-dealkylation sites (tertiary alicyclic amines) is 1. The lowest BCUT2D eigenvalue weighted by Gasteiger charge is -2.26. The number of anilines is 4. The number of carbonyl (C=O) groups excluding carboxylic acids is 4. The van der Waals surface area contributed by atoms with E-state index in [0.29, 0.717) is 106 Å². The van der Waals surface area contributed by atoms with E-state index in [1.165, 1.54) is 149 Å². The molecule has 0 radical (unpaired) electrons. The minimum absolute atomic E-state index is 0.0639. The third kappa shape index (κ3) is 28.2. The number of carbonyl (C=O) groups is 4. The first-order valence-corrected chi connectivity index (χ1v) is 56.5. The van der Waals surface area contributed by atoms with Crippen molar-refractivity contribution in [3.05, 3.63) is 301 Å². The Bertz CT molecular complexity index is 8200. The number of fused-ring (bicyclic) bond motifs is 4. The molecule has 2 fully saturated rings. The number of hydrogen-bond acceptors (Lipinski definition) is 34. The first kappa shape index (κ1) is 106. The summed E-state index contributed by atoms with van der Waals surface area (Å²) in [6.45, 7) is 9.59. The molecule has 1 saturated carbocycles. The number of rotatable bonds is 38. The number of halogens is 4. The molecule has 1 aliphatic heterocycles. The lowest BCUT2D eigenvalue weighted by molar-refractivity contribution is -0.116. The van der Waals surface area contributed by atoms with E-state index in [1.807, 2.05) is 62.6 Å². The summed E-state index contributed by atoms with van der Waals surface area (Å²) < 4.78 is 106. The molecule has 2 aliphatic rings. The molecule has 13 heterocycles. The standard InChI is InChI=1S/C27H28ClN5O4S2.C24H24ClN5O4S2.C24H21ClN4O4S2.C23H21ClN4O4S2/c28-24-7-9-26(38-24)39(36,37)17-21(34)14-19-4-8-25(30-16-19)33-18-31-23-15-20(5-6-22(23)27(33)35)29-10-13-32-11-2-1-3-12-32;1-29(2)10-9-26-17-4-5-19-20(12-17)28-15-30(24(19)32)22-7-3-16(13-27-22)11-18(31)14-36(33,34)23-8-6-21(25)35-23;25-21-6-8-23(34-21)35(32,33)13-18(30)9-16-3-7-22(27-12-16)29-14-28-20-10-17(26-11-15-1-2-15)4-5-19(20)24(29)31;1-2-9-25-16-4-5-18-19(11-16)27-14-28(23(18)30)21-7-3-15(12-26-21)10-17(29)13-34(31,32)22-8-6-20(24)33-22/h4-9,15-16,18,29H,1-3,10-14,17H2;3-8,12-13,15,26H,9-11,14H2,1-2H3;3-8,10,12,14-15,26H,1-2,9,11,13H2;3-8,11-12,14,25H,2,9-10,13H2,1H3. The van der Waals surface area contributed by atoms with Crippen molar-refractivity contribution in [3.63, 3.8) is 0 Å². The van der Waals surface area contributed by atoms with Gasteiger partial charge in [-0.15, -0.1) is 45.3 Å². The normalized spacial score (nSPS) is 12.9. The van der Waals surface area contributed by atoms with Crippen molar-refractivity contribution >= 4 is 221 Å². The Balaban J connectivity index is 0.000000145. The van der Waals surface area contributed by atoms with Crippen LogP contribution in [0.1, 0.15) is 67.7 Å². The van der Waals surface area contributed by atoms with Gasteiger partial charge in [0.2, 0.25) is 0 Å². The van der Waals surface area contributed by atoms with E-state index in [2.05, 4.69) is 77.9 Å². The zero-order valence-corrected chi connectivity index (χ0v) is 87.0. The summed E-state index contributed by atoms with van der Waals surface area (Å²) in [7, 11) is -11.0. The Hall–Kier alpha value is -12.4. The van der Waals surface area contributed by atoms with Crippen LogP contribution in [0.4, 0.5) is 22.7 Å². The van der Waals surface area contributed by atoms with Gasteiger partial charge in [-0.2, -0.15) is 0 Å². The summed E-state index contributed by atoms with van der Waals surface area (Å²) in [5.74, 6) is -2.16. The molecule has 0 atom stereocenters. The highest BCUT2D eigenvalue weighted by atomic mass is 35.5. The maximum absolute atomic E-state index is 13.1. The number of Topliss-reactive ketones (excluding diaryl/α,β-unsaturated/α-hetero) is 4. The maximum atomic E-state index is 13.1. The van der Waals surface area contributed by atoms with E-state index in [0.717, 1.165) is 133 Å². The number of thiophene rings is 4. The molecule has 748 valence electrons. The predicted molar refractivity (Wildman–Crippen MR) is 567 cm³/mol. The molecule has 12 aromatic heterocycles. The van der Waals surface area contributed by atoms with Crippen molar-refractivity contribution < 1.29 is 52.8 Å². The minimum Gasteiger partial charge on any atom is -0.385 e. The van der Waals surface area contributed by atoms with Crippen LogP contribution in [0.3, 0.4) is 0 Å². The Morgan fingerprint density at radius 3 is 0.903 bits per heavy atom. The van der Waals surface area contributed by atoms with E-state index in [1.54, 1.807) is 72.8 Å². The number of benzene rings is 4. The Labute approximate surface area is 863 Å². The van der Waals surface area contributed by atoms with Crippen LogP contribution in [0.2, 0.25) is 17.3 Å². The van der Waals surface area contributed by atoms with Crippen LogP contribution in [0.15, 0.2) is 256 Å². The van der Waals surface area contributed by atoms with Gasteiger partial charge in [-0.3, -0.25) is 56.6 Å². The molecule has 1 saturated heterocycles. The predicted octanol–water partition coefficient (Wildman–Crippen LogP) is 14.8. The molecule has 34 nitrogen and oxygen atoms in total. The molecular weight excluding hydrogens is 2080 g/mol. The SMILES string of the molecule is CCCNc1ccc2c(=O)n(-c3ccc(CC(=O)CS(=O)(=O)c4ccc(Cl)s4)cn3)cnc2c1.CN(C)CCNc1ccc2c(=O)n(-c3ccc(CC(=O)CS(=O)(=O)c4ccc(Cl)s4)cn3)cnc2c1.O=C(Cc1ccc(-n2cnc3cc(NCC4CC4)ccc3c2=O)nc1)CS(=O)(=O)c1ccc(Cl)s1.O=C(Cc1ccc(-n2cnc3cc(NCCN4CCCCC4)ccc3c2=O)nc1)CS(=O)(=O)c1ccc(Cl)s1. The van der Waals surface area contributed by atoms with Crippen LogP contribution >= 0.6 is 91.8 Å².